The Kier molecular flexibility index (Phi) is 6.91. The van der Waals surface area contributed by atoms with Crippen LogP contribution in [0.5, 0.6) is 5.75 Å². The first-order valence-corrected chi connectivity index (χ1v) is 11.9. The van der Waals surface area contributed by atoms with E-state index in [1.54, 1.807) is 0 Å². The maximum atomic E-state index is 13.5. The molecule has 0 saturated heterocycles. The molecule has 2 amide bonds. The van der Waals surface area contributed by atoms with E-state index >= 15 is 0 Å². The average molecular weight is 572 g/mol. The zero-order valence-corrected chi connectivity index (χ0v) is 20.7. The van der Waals surface area contributed by atoms with Crippen molar-refractivity contribution in [3.8, 4) is 17.1 Å². The van der Waals surface area contributed by atoms with Crippen LogP contribution in [0.1, 0.15) is 32.3 Å². The number of ether oxygens (including phenoxy) is 1. The maximum Gasteiger partial charge on any atom is 0.311 e. The molecule has 3 N–H and O–H groups in total. The fraction of sp³-hybridized carbons (Fsp3) is 0.0833. The Morgan fingerprint density at radius 1 is 1.25 bits per heavy atom. The minimum atomic E-state index is -2.92. The lowest BCUT2D eigenvalue weighted by atomic mass is 10.1. The Bertz CT molecular complexity index is 1770. The third kappa shape index (κ3) is 5.06. The smallest absolute Gasteiger partial charge is 0.311 e. The van der Waals surface area contributed by atoms with E-state index in [9.17, 15) is 32.9 Å². The summed E-state index contributed by atoms with van der Waals surface area (Å²) in [7, 11) is 0. The molecule has 0 radical (unpaired) electrons. The van der Waals surface area contributed by atoms with E-state index in [0.29, 0.717) is 0 Å². The summed E-state index contributed by atoms with van der Waals surface area (Å²) in [5.74, 6) is -2.65. The molecule has 0 aliphatic carbocycles. The topological polar surface area (TPSA) is 168 Å². The van der Waals surface area contributed by atoms with Gasteiger partial charge in [-0.05, 0) is 30.3 Å². The van der Waals surface area contributed by atoms with Gasteiger partial charge in [0.1, 0.15) is 27.0 Å². The van der Waals surface area contributed by atoms with Crippen LogP contribution in [0.4, 0.5) is 24.5 Å². The van der Waals surface area contributed by atoms with Crippen LogP contribution < -0.4 is 15.8 Å². The number of carbonyl (C=O) groups excluding carboxylic acids is 2. The molecule has 5 rings (SSSR count). The Morgan fingerprint density at radius 3 is 2.73 bits per heavy atom. The Balaban J connectivity index is 1.46. The van der Waals surface area contributed by atoms with Crippen molar-refractivity contribution < 1.29 is 36.8 Å². The van der Waals surface area contributed by atoms with Crippen molar-refractivity contribution in [1.82, 2.24) is 14.8 Å². The predicted molar refractivity (Wildman–Crippen MR) is 135 cm³/mol. The lowest BCUT2D eigenvalue weighted by molar-refractivity contribution is -0.386. The van der Waals surface area contributed by atoms with Gasteiger partial charge in [-0.15, -0.1) is 11.3 Å². The molecule has 40 heavy (non-hydrogen) atoms. The highest BCUT2D eigenvalue weighted by molar-refractivity contribution is 7.21. The SMILES string of the molecule is NC(=O)c1sc2nc(C(F)F)cc(-c3ccco3)c2c1NC(=O)c1ccn(COc2cc(F)ccc2[N+](=O)[O-])n1. The number of amides is 2. The molecule has 0 aliphatic rings. The minimum absolute atomic E-state index is 0.0175. The van der Waals surface area contributed by atoms with Gasteiger partial charge < -0.3 is 20.2 Å². The van der Waals surface area contributed by atoms with E-state index in [2.05, 4.69) is 15.4 Å². The van der Waals surface area contributed by atoms with Crippen LogP contribution in [-0.4, -0.2) is 31.5 Å². The summed E-state index contributed by atoms with van der Waals surface area (Å²) in [4.78, 5) is 39.5. The van der Waals surface area contributed by atoms with E-state index in [1.165, 1.54) is 30.7 Å². The van der Waals surface area contributed by atoms with E-state index in [0.717, 1.165) is 40.3 Å². The number of hydrogen-bond acceptors (Lipinski definition) is 9. The predicted octanol–water partition coefficient (Wildman–Crippen LogP) is 5.13. The van der Waals surface area contributed by atoms with Crippen molar-refractivity contribution in [1.29, 1.82) is 0 Å². The number of rotatable bonds is 9. The molecule has 5 aromatic rings. The molecular formula is C24H15F3N6O6S. The largest absolute Gasteiger partial charge is 0.464 e. The number of nitro benzene ring substituents is 1. The minimum Gasteiger partial charge on any atom is -0.464 e. The second kappa shape index (κ2) is 10.5. The number of anilines is 1. The molecular weight excluding hydrogens is 557 g/mol. The third-order valence-corrected chi connectivity index (χ3v) is 6.60. The van der Waals surface area contributed by atoms with Crippen LogP contribution in [-0.2, 0) is 6.73 Å². The second-order valence-electron chi connectivity index (χ2n) is 8.06. The number of nitrogens with one attached hydrogen (secondary N) is 1. The van der Waals surface area contributed by atoms with Gasteiger partial charge in [0.15, 0.2) is 12.4 Å². The first kappa shape index (κ1) is 26.4. The number of fused-ring (bicyclic) bond motifs is 1. The maximum absolute atomic E-state index is 13.5. The van der Waals surface area contributed by atoms with Crippen LogP contribution in [0, 0.1) is 15.9 Å². The molecule has 0 unspecified atom stereocenters. The summed E-state index contributed by atoms with van der Waals surface area (Å²) in [6.45, 7) is -0.408. The summed E-state index contributed by atoms with van der Waals surface area (Å²) < 4.78 is 52.5. The fourth-order valence-corrected chi connectivity index (χ4v) is 4.78. The Morgan fingerprint density at radius 2 is 2.05 bits per heavy atom. The number of halogens is 3. The lowest BCUT2D eigenvalue weighted by Gasteiger charge is -2.09. The molecule has 4 aromatic heterocycles. The van der Waals surface area contributed by atoms with Gasteiger partial charge in [0.25, 0.3) is 18.2 Å². The van der Waals surface area contributed by atoms with Crippen molar-refractivity contribution in [3.63, 3.8) is 0 Å². The van der Waals surface area contributed by atoms with Crippen LogP contribution in [0.25, 0.3) is 21.5 Å². The number of aromatic nitrogens is 3. The highest BCUT2D eigenvalue weighted by Crippen LogP contribution is 2.42. The molecule has 16 heteroatoms. The lowest BCUT2D eigenvalue weighted by Crippen LogP contribution is -2.18. The van der Waals surface area contributed by atoms with Crippen LogP contribution in [0.15, 0.2) is 59.3 Å². The Hall–Kier alpha value is -5.25. The third-order valence-electron chi connectivity index (χ3n) is 5.50. The normalized spacial score (nSPS) is 11.2. The van der Waals surface area contributed by atoms with Crippen LogP contribution in [0.3, 0.4) is 0 Å². The number of primary amides is 1. The molecule has 0 fully saturated rings. The van der Waals surface area contributed by atoms with E-state index < -0.39 is 47.1 Å². The molecule has 0 saturated carbocycles. The number of hydrogen-bond donors (Lipinski definition) is 2. The molecule has 0 bridgehead atoms. The van der Waals surface area contributed by atoms with Crippen molar-refractivity contribution in [2.45, 2.75) is 13.2 Å². The van der Waals surface area contributed by atoms with E-state index in [-0.39, 0.29) is 43.5 Å². The average Bonchev–Trinajstić information content (AvgIpc) is 3.67. The number of furan rings is 1. The Labute approximate surface area is 224 Å². The quantitative estimate of drug-likeness (QED) is 0.181. The summed E-state index contributed by atoms with van der Waals surface area (Å²) in [5, 5.41) is 17.9. The van der Waals surface area contributed by atoms with Gasteiger partial charge in [0.2, 0.25) is 5.75 Å². The number of benzene rings is 1. The monoisotopic (exact) mass is 572 g/mol. The van der Waals surface area contributed by atoms with Gasteiger partial charge in [0.05, 0.1) is 16.9 Å². The van der Waals surface area contributed by atoms with Crippen LogP contribution in [0.2, 0.25) is 0 Å². The number of nitro groups is 1. The van der Waals surface area contributed by atoms with Crippen LogP contribution >= 0.6 is 11.3 Å². The van der Waals surface area contributed by atoms with Crippen molar-refractivity contribution in [2.24, 2.45) is 5.73 Å². The van der Waals surface area contributed by atoms with Gasteiger partial charge in [0, 0.05) is 29.3 Å². The number of pyridine rings is 1. The molecule has 1 aromatic carbocycles. The van der Waals surface area contributed by atoms with Crippen molar-refractivity contribution in [2.75, 3.05) is 5.32 Å². The van der Waals surface area contributed by atoms with Gasteiger partial charge in [-0.2, -0.15) is 5.10 Å². The van der Waals surface area contributed by atoms with Gasteiger partial charge in [-0.1, -0.05) is 0 Å². The standard InChI is InChI=1S/C24H15F3N6O6S/c25-11-3-4-15(33(36)37)17(8-11)39-10-32-6-5-13(31-32)23(35)30-19-18-12(16-2-1-7-38-16)9-14(21(26)27)29-24(18)40-20(19)22(28)34/h1-9,21H,10H2,(H2,28,34)(H,30,35). The zero-order valence-electron chi connectivity index (χ0n) is 19.8. The molecule has 204 valence electrons. The summed E-state index contributed by atoms with van der Waals surface area (Å²) in [6, 6.07) is 8.14. The number of nitrogens with zero attached hydrogens (tertiary/aromatic N) is 4. The summed E-state index contributed by atoms with van der Waals surface area (Å²) in [5.41, 5.74) is 4.40. The zero-order chi connectivity index (χ0) is 28.6. The first-order chi connectivity index (χ1) is 19.1. The highest BCUT2D eigenvalue weighted by atomic mass is 32.1. The fourth-order valence-electron chi connectivity index (χ4n) is 3.77. The number of thiophene rings is 1. The molecule has 0 aliphatic heterocycles. The molecule has 0 atom stereocenters. The van der Waals surface area contributed by atoms with Gasteiger partial charge in [-0.3, -0.25) is 19.7 Å². The molecule has 0 spiro atoms. The number of nitrogens with two attached hydrogens (primary N) is 1. The molecule has 4 heterocycles. The highest BCUT2D eigenvalue weighted by Gasteiger charge is 2.26. The molecule has 12 nitrogen and oxygen atoms in total. The van der Waals surface area contributed by atoms with Crippen molar-refractivity contribution >= 4 is 44.7 Å². The number of alkyl halides is 2. The second-order valence-corrected chi connectivity index (χ2v) is 9.06. The van der Waals surface area contributed by atoms with Gasteiger partial charge in [-0.25, -0.2) is 22.8 Å². The van der Waals surface area contributed by atoms with Gasteiger partial charge >= 0.3 is 5.69 Å². The summed E-state index contributed by atoms with van der Waals surface area (Å²) in [6.07, 6.45) is -0.266. The summed E-state index contributed by atoms with van der Waals surface area (Å²) >= 11 is 0.721. The van der Waals surface area contributed by atoms with Crippen molar-refractivity contribution in [3.05, 3.63) is 87.1 Å². The first-order valence-electron chi connectivity index (χ1n) is 11.1. The number of carbonyl (C=O) groups is 2. The van der Waals surface area contributed by atoms with E-state index in [1.807, 2.05) is 0 Å². The van der Waals surface area contributed by atoms with E-state index in [4.69, 9.17) is 14.9 Å².